The van der Waals surface area contributed by atoms with Gasteiger partial charge in [0.1, 0.15) is 12.6 Å². The number of hydrogen-bond donors (Lipinski definition) is 2. The maximum atomic E-state index is 11.1. The van der Waals surface area contributed by atoms with E-state index in [-0.39, 0.29) is 6.10 Å². The van der Waals surface area contributed by atoms with E-state index in [4.69, 9.17) is 0 Å². The third kappa shape index (κ3) is 3.28. The van der Waals surface area contributed by atoms with E-state index in [2.05, 4.69) is 93.6 Å². The number of piperidine rings is 1. The van der Waals surface area contributed by atoms with Gasteiger partial charge in [-0.1, -0.05) is 52.6 Å². The molecule has 5 heteroatoms. The second-order valence-electron chi connectivity index (χ2n) is 10.4. The Labute approximate surface area is 195 Å². The highest BCUT2D eigenvalue weighted by Gasteiger charge is 2.57. The maximum Gasteiger partial charge on any atom is 0.121 e. The number of nitrogens with zero attached hydrogens (tertiary/aromatic N) is 1. The number of aliphatic hydroxyl groups is 1. The number of quaternary nitrogens is 1. The van der Waals surface area contributed by atoms with Gasteiger partial charge in [0.05, 0.1) is 19.6 Å². The monoisotopic (exact) mass is 533 g/mol. The first-order valence-electron chi connectivity index (χ1n) is 11.1. The molecule has 160 valence electrons. The van der Waals surface area contributed by atoms with Crippen molar-refractivity contribution in [3.05, 3.63) is 45.3 Å². The van der Waals surface area contributed by atoms with Crippen molar-refractivity contribution in [3.8, 4) is 0 Å². The molecule has 0 spiro atoms. The highest BCUT2D eigenvalue weighted by Crippen LogP contribution is 2.56. The molecule has 5 rings (SSSR count). The van der Waals surface area contributed by atoms with Gasteiger partial charge in [0.25, 0.3) is 0 Å². The normalized spacial score (nSPS) is 29.0. The Balaban J connectivity index is 1.42. The van der Waals surface area contributed by atoms with Crippen LogP contribution in [0.3, 0.4) is 0 Å². The van der Waals surface area contributed by atoms with Crippen LogP contribution in [-0.4, -0.2) is 35.4 Å². The maximum absolute atomic E-state index is 11.1. The highest BCUT2D eigenvalue weighted by molar-refractivity contribution is 9.10. The first-order chi connectivity index (χ1) is 14.2. The zero-order valence-electron chi connectivity index (χ0n) is 18.0. The number of likely N-dealkylation sites (tertiary alicyclic amines) is 1. The average molecular weight is 535 g/mol. The third-order valence-corrected chi connectivity index (χ3v) is 9.49. The number of benzene rings is 2. The molecule has 30 heavy (non-hydrogen) atoms. The smallest absolute Gasteiger partial charge is 0.121 e. The summed E-state index contributed by atoms with van der Waals surface area (Å²) in [7, 11) is 0. The van der Waals surface area contributed by atoms with Gasteiger partial charge in [-0.3, -0.25) is 0 Å². The van der Waals surface area contributed by atoms with Crippen molar-refractivity contribution in [2.24, 2.45) is 16.7 Å². The van der Waals surface area contributed by atoms with Crippen molar-refractivity contribution in [2.75, 3.05) is 19.6 Å². The van der Waals surface area contributed by atoms with E-state index in [9.17, 15) is 5.11 Å². The largest absolute Gasteiger partial charge is 0.385 e. The van der Waals surface area contributed by atoms with Gasteiger partial charge in [-0.25, -0.2) is 0 Å². The number of aliphatic hydroxyl groups excluding tert-OH is 1. The Morgan fingerprint density at radius 3 is 2.23 bits per heavy atom. The molecule has 2 bridgehead atoms. The van der Waals surface area contributed by atoms with Crippen LogP contribution >= 0.6 is 31.9 Å². The van der Waals surface area contributed by atoms with Gasteiger partial charge in [0.2, 0.25) is 0 Å². The minimum absolute atomic E-state index is 0.352. The Hall–Kier alpha value is -0.880. The SMILES string of the molecule is CC1(C)[C@@H]2CC[C@@]1(C)C[NH+](C[C@H](O)Cn1c3ccc(Br)cc3c3cc(Br)ccc31)C2. The fourth-order valence-electron chi connectivity index (χ4n) is 6.32. The lowest BCUT2D eigenvalue weighted by Gasteiger charge is -2.48. The number of halogens is 2. The van der Waals surface area contributed by atoms with Crippen LogP contribution in [0.4, 0.5) is 0 Å². The molecule has 1 saturated carbocycles. The molecular formula is C25H31Br2N2O+. The zero-order valence-corrected chi connectivity index (χ0v) is 21.2. The highest BCUT2D eigenvalue weighted by atomic mass is 79.9. The standard InChI is InChI=1S/C25H30Br2N2O/c1-24(2)16-8-9-25(24,3)15-28(12-16)13-19(30)14-29-22-6-4-17(26)10-20(22)21-11-18(27)5-7-23(21)29/h4-7,10-11,16,19,30H,8-9,12-15H2,1-3H3/p+1/t16-,19+,25+/m1/s1. The van der Waals surface area contributed by atoms with E-state index >= 15 is 0 Å². The summed E-state index contributed by atoms with van der Waals surface area (Å²) in [6.45, 7) is 11.3. The van der Waals surface area contributed by atoms with Crippen molar-refractivity contribution < 1.29 is 10.0 Å². The number of aromatic nitrogens is 1. The van der Waals surface area contributed by atoms with E-state index in [0.717, 1.165) is 21.4 Å². The van der Waals surface area contributed by atoms with Crippen molar-refractivity contribution in [1.29, 1.82) is 0 Å². The van der Waals surface area contributed by atoms with Crippen LogP contribution in [0.1, 0.15) is 33.6 Å². The summed E-state index contributed by atoms with van der Waals surface area (Å²) < 4.78 is 4.47. The lowest BCUT2D eigenvalue weighted by molar-refractivity contribution is -0.921. The van der Waals surface area contributed by atoms with Crippen LogP contribution < -0.4 is 4.90 Å². The number of nitrogens with one attached hydrogen (secondary N) is 1. The summed E-state index contributed by atoms with van der Waals surface area (Å²) in [6.07, 6.45) is 2.33. The molecule has 2 fully saturated rings. The Bertz CT molecular complexity index is 1060. The predicted octanol–water partition coefficient (Wildman–Crippen LogP) is 5.02. The Morgan fingerprint density at radius 2 is 1.67 bits per heavy atom. The molecule has 1 aliphatic carbocycles. The van der Waals surface area contributed by atoms with Crippen molar-refractivity contribution in [3.63, 3.8) is 0 Å². The van der Waals surface area contributed by atoms with Gasteiger partial charge < -0.3 is 14.6 Å². The van der Waals surface area contributed by atoms with Crippen LogP contribution in [0, 0.1) is 16.7 Å². The molecule has 3 aromatic rings. The molecule has 4 atom stereocenters. The number of rotatable bonds is 4. The molecular weight excluding hydrogens is 504 g/mol. The van der Waals surface area contributed by atoms with Gasteiger partial charge >= 0.3 is 0 Å². The van der Waals surface area contributed by atoms with Crippen molar-refractivity contribution in [1.82, 2.24) is 4.57 Å². The second-order valence-corrected chi connectivity index (χ2v) is 12.3. The van der Waals surface area contributed by atoms with Gasteiger partial charge in [0, 0.05) is 42.1 Å². The first kappa shape index (κ1) is 21.0. The molecule has 1 aromatic heterocycles. The topological polar surface area (TPSA) is 29.6 Å². The lowest BCUT2D eigenvalue weighted by atomic mass is 9.63. The Morgan fingerprint density at radius 1 is 1.07 bits per heavy atom. The average Bonchev–Trinajstić information content (AvgIpc) is 2.97. The van der Waals surface area contributed by atoms with Gasteiger partial charge in [-0.15, -0.1) is 0 Å². The van der Waals surface area contributed by atoms with Crippen LogP contribution in [0.2, 0.25) is 0 Å². The van der Waals surface area contributed by atoms with Crippen molar-refractivity contribution in [2.45, 2.75) is 46.3 Å². The van der Waals surface area contributed by atoms with Gasteiger partial charge in [-0.2, -0.15) is 0 Å². The minimum Gasteiger partial charge on any atom is -0.385 e. The summed E-state index contributed by atoms with van der Waals surface area (Å²) in [5, 5.41) is 13.6. The van der Waals surface area contributed by atoms with E-state index in [1.807, 2.05) is 0 Å². The predicted molar refractivity (Wildman–Crippen MR) is 131 cm³/mol. The first-order valence-corrected chi connectivity index (χ1v) is 12.7. The molecule has 2 aromatic carbocycles. The van der Waals surface area contributed by atoms with Gasteiger partial charge in [0.15, 0.2) is 0 Å². The summed E-state index contributed by atoms with van der Waals surface area (Å²) >= 11 is 7.24. The second kappa shape index (κ2) is 7.33. The van der Waals surface area contributed by atoms with Crippen LogP contribution in [0.5, 0.6) is 0 Å². The molecule has 0 amide bonds. The molecule has 0 radical (unpaired) electrons. The molecule has 2 aliphatic rings. The van der Waals surface area contributed by atoms with Gasteiger partial charge in [-0.05, 0) is 54.7 Å². The molecule has 1 saturated heterocycles. The van der Waals surface area contributed by atoms with Crippen LogP contribution in [0.15, 0.2) is 45.3 Å². The summed E-state index contributed by atoms with van der Waals surface area (Å²) in [5.74, 6) is 0.779. The van der Waals surface area contributed by atoms with Crippen molar-refractivity contribution >= 4 is 53.7 Å². The molecule has 2 N–H and O–H groups in total. The zero-order chi connectivity index (χ0) is 21.3. The van der Waals surface area contributed by atoms with Crippen LogP contribution in [-0.2, 0) is 6.54 Å². The fraction of sp³-hybridized carbons (Fsp3) is 0.520. The lowest BCUT2D eigenvalue weighted by Crippen LogP contribution is -3.16. The summed E-state index contributed by atoms with van der Waals surface area (Å²) in [4.78, 5) is 1.58. The minimum atomic E-state index is -0.352. The quantitative estimate of drug-likeness (QED) is 0.483. The third-order valence-electron chi connectivity index (χ3n) is 8.50. The van der Waals surface area contributed by atoms with E-state index in [1.54, 1.807) is 4.90 Å². The van der Waals surface area contributed by atoms with E-state index in [1.165, 1.54) is 47.7 Å². The fourth-order valence-corrected chi connectivity index (χ4v) is 7.05. The Kier molecular flexibility index (Phi) is 5.13. The molecule has 1 aliphatic heterocycles. The summed E-state index contributed by atoms with van der Waals surface area (Å²) in [5.41, 5.74) is 3.20. The number of fused-ring (bicyclic) bond motifs is 5. The van der Waals surface area contributed by atoms with E-state index < -0.39 is 0 Å². The van der Waals surface area contributed by atoms with E-state index in [0.29, 0.717) is 17.4 Å². The molecule has 2 heterocycles. The molecule has 3 nitrogen and oxygen atoms in total. The van der Waals surface area contributed by atoms with Crippen LogP contribution in [0.25, 0.3) is 21.8 Å². The molecule has 1 unspecified atom stereocenters. The number of hydrogen-bond acceptors (Lipinski definition) is 1. The summed E-state index contributed by atoms with van der Waals surface area (Å²) in [6, 6.07) is 12.9.